The first-order valence-corrected chi connectivity index (χ1v) is 7.57. The van der Waals surface area contributed by atoms with Crippen LogP contribution in [-0.2, 0) is 4.74 Å². The summed E-state index contributed by atoms with van der Waals surface area (Å²) in [7, 11) is 0. The van der Waals surface area contributed by atoms with Gasteiger partial charge in [0.1, 0.15) is 0 Å². The number of nitrogens with zero attached hydrogens (tertiary/aromatic N) is 2. The zero-order valence-corrected chi connectivity index (χ0v) is 12.6. The van der Waals surface area contributed by atoms with E-state index in [1.165, 1.54) is 0 Å². The average Bonchev–Trinajstić information content (AvgIpc) is 2.53. The molecule has 3 rings (SSSR count). The van der Waals surface area contributed by atoms with Crippen LogP contribution in [0.25, 0.3) is 10.9 Å². The highest BCUT2D eigenvalue weighted by Gasteiger charge is 2.29. The number of benzene rings is 1. The molecule has 1 aliphatic rings. The Hall–Kier alpha value is -1.65. The molecule has 2 unspecified atom stereocenters. The minimum absolute atomic E-state index is 0.000415. The first kappa shape index (κ1) is 14.3. The summed E-state index contributed by atoms with van der Waals surface area (Å²) >= 11 is 5.88. The predicted octanol–water partition coefficient (Wildman–Crippen LogP) is 2.70. The fourth-order valence-corrected chi connectivity index (χ4v) is 2.93. The number of morpholine rings is 1. The van der Waals surface area contributed by atoms with Crippen molar-refractivity contribution in [3.63, 3.8) is 0 Å². The van der Waals surface area contributed by atoms with E-state index in [1.54, 1.807) is 6.20 Å². The van der Waals surface area contributed by atoms with Gasteiger partial charge in [-0.2, -0.15) is 0 Å². The maximum atomic E-state index is 12.8. The number of aromatic nitrogens is 1. The molecule has 2 aromatic rings. The van der Waals surface area contributed by atoms with Gasteiger partial charge in [0, 0.05) is 30.2 Å². The molecule has 21 heavy (non-hydrogen) atoms. The molecule has 0 bridgehead atoms. The summed E-state index contributed by atoms with van der Waals surface area (Å²) in [6, 6.07) is 9.41. The monoisotopic (exact) mass is 304 g/mol. The zero-order valence-electron chi connectivity index (χ0n) is 11.8. The summed E-state index contributed by atoms with van der Waals surface area (Å²) in [6.45, 7) is 3.08. The maximum Gasteiger partial charge on any atom is 0.254 e. The molecule has 1 fully saturated rings. The third-order valence-corrected chi connectivity index (χ3v) is 4.01. The van der Waals surface area contributed by atoms with Crippen molar-refractivity contribution in [3.05, 3.63) is 42.1 Å². The van der Waals surface area contributed by atoms with Gasteiger partial charge < -0.3 is 9.64 Å². The normalized spacial score (nSPS) is 22.5. The highest BCUT2D eigenvalue weighted by atomic mass is 35.5. The minimum atomic E-state index is -0.104. The molecule has 1 aromatic heterocycles. The van der Waals surface area contributed by atoms with E-state index in [4.69, 9.17) is 16.3 Å². The Labute approximate surface area is 128 Å². The van der Waals surface area contributed by atoms with Crippen LogP contribution in [0.1, 0.15) is 17.3 Å². The molecule has 4 nitrogen and oxygen atoms in total. The Morgan fingerprint density at radius 3 is 3.05 bits per heavy atom. The first-order chi connectivity index (χ1) is 10.2. The van der Waals surface area contributed by atoms with Gasteiger partial charge in [0.25, 0.3) is 5.91 Å². The van der Waals surface area contributed by atoms with E-state index in [0.717, 1.165) is 10.9 Å². The van der Waals surface area contributed by atoms with Crippen molar-refractivity contribution in [3.8, 4) is 0 Å². The lowest BCUT2D eigenvalue weighted by Gasteiger charge is -2.36. The second kappa shape index (κ2) is 6.00. The minimum Gasteiger partial charge on any atom is -0.370 e. The Balaban J connectivity index is 1.93. The number of fused-ring (bicyclic) bond motifs is 1. The van der Waals surface area contributed by atoms with Crippen molar-refractivity contribution in [1.29, 1.82) is 0 Å². The van der Waals surface area contributed by atoms with Crippen LogP contribution in [0.3, 0.4) is 0 Å². The predicted molar refractivity (Wildman–Crippen MR) is 82.7 cm³/mol. The van der Waals surface area contributed by atoms with E-state index >= 15 is 0 Å². The number of amides is 1. The summed E-state index contributed by atoms with van der Waals surface area (Å²) < 4.78 is 5.70. The first-order valence-electron chi connectivity index (χ1n) is 7.03. The number of hydrogen-bond donors (Lipinski definition) is 0. The third kappa shape index (κ3) is 2.87. The lowest BCUT2D eigenvalue weighted by Crippen LogP contribution is -2.49. The fraction of sp³-hybridized carbons (Fsp3) is 0.375. The van der Waals surface area contributed by atoms with Crippen LogP contribution < -0.4 is 0 Å². The van der Waals surface area contributed by atoms with Crippen molar-refractivity contribution in [2.45, 2.75) is 19.1 Å². The van der Waals surface area contributed by atoms with Gasteiger partial charge in [-0.3, -0.25) is 9.78 Å². The molecule has 110 valence electrons. The molecule has 1 saturated heterocycles. The van der Waals surface area contributed by atoms with Gasteiger partial charge in [-0.1, -0.05) is 12.1 Å². The molecule has 2 atom stereocenters. The van der Waals surface area contributed by atoms with E-state index in [-0.39, 0.29) is 18.1 Å². The summed E-state index contributed by atoms with van der Waals surface area (Å²) in [5, 5.41) is 0.881. The standard InChI is InChI=1S/C16H17ClN2O2/c1-11-9-19(10-12(8-17)21-11)16(20)14-4-2-6-15-13(14)5-3-7-18-15/h2-7,11-12H,8-10H2,1H3. The lowest BCUT2D eigenvalue weighted by atomic mass is 10.1. The molecule has 0 N–H and O–H groups in total. The number of halogens is 1. The molecule has 1 aromatic carbocycles. The van der Waals surface area contributed by atoms with Crippen LogP contribution in [0.5, 0.6) is 0 Å². The number of carbonyl (C=O) groups is 1. The smallest absolute Gasteiger partial charge is 0.254 e. The van der Waals surface area contributed by atoms with E-state index in [1.807, 2.05) is 42.2 Å². The molecule has 1 amide bonds. The summed E-state index contributed by atoms with van der Waals surface area (Å²) in [5.41, 5.74) is 1.52. The number of alkyl halides is 1. The van der Waals surface area contributed by atoms with Crippen molar-refractivity contribution < 1.29 is 9.53 Å². The molecule has 0 spiro atoms. The summed E-state index contributed by atoms with van der Waals surface area (Å²) in [5.74, 6) is 0.407. The molecular formula is C16H17ClN2O2. The van der Waals surface area contributed by atoms with E-state index in [9.17, 15) is 4.79 Å². The van der Waals surface area contributed by atoms with Crippen LogP contribution in [0.4, 0.5) is 0 Å². The highest BCUT2D eigenvalue weighted by Crippen LogP contribution is 2.21. The van der Waals surface area contributed by atoms with Crippen molar-refractivity contribution in [2.75, 3.05) is 19.0 Å². The Bertz CT molecular complexity index is 656. The SMILES string of the molecule is CC1CN(C(=O)c2cccc3ncccc23)CC(CCl)O1. The van der Waals surface area contributed by atoms with Gasteiger partial charge >= 0.3 is 0 Å². The molecular weight excluding hydrogens is 288 g/mol. The van der Waals surface area contributed by atoms with Gasteiger partial charge in [-0.25, -0.2) is 0 Å². The summed E-state index contributed by atoms with van der Waals surface area (Å²) in [4.78, 5) is 18.9. The van der Waals surface area contributed by atoms with Gasteiger partial charge in [0.2, 0.25) is 0 Å². The van der Waals surface area contributed by atoms with Gasteiger partial charge in [-0.15, -0.1) is 11.6 Å². The molecule has 0 saturated carbocycles. The van der Waals surface area contributed by atoms with Crippen molar-refractivity contribution in [2.24, 2.45) is 0 Å². The molecule has 2 heterocycles. The molecule has 1 aliphatic heterocycles. The quantitative estimate of drug-likeness (QED) is 0.801. The highest BCUT2D eigenvalue weighted by molar-refractivity contribution is 6.18. The van der Waals surface area contributed by atoms with Crippen LogP contribution in [0, 0.1) is 0 Å². The number of pyridine rings is 1. The second-order valence-corrected chi connectivity index (χ2v) is 5.62. The number of rotatable bonds is 2. The van der Waals surface area contributed by atoms with E-state index < -0.39 is 0 Å². The molecule has 0 radical (unpaired) electrons. The molecule has 0 aliphatic carbocycles. The lowest BCUT2D eigenvalue weighted by molar-refractivity contribution is -0.0569. The van der Waals surface area contributed by atoms with E-state index in [0.29, 0.717) is 24.5 Å². The Morgan fingerprint density at radius 2 is 2.24 bits per heavy atom. The second-order valence-electron chi connectivity index (χ2n) is 5.31. The fourth-order valence-electron chi connectivity index (χ4n) is 2.76. The maximum absolute atomic E-state index is 12.8. The van der Waals surface area contributed by atoms with Crippen LogP contribution in [-0.4, -0.2) is 47.0 Å². The van der Waals surface area contributed by atoms with Gasteiger partial charge in [-0.05, 0) is 25.1 Å². The average molecular weight is 305 g/mol. The van der Waals surface area contributed by atoms with Crippen molar-refractivity contribution in [1.82, 2.24) is 9.88 Å². The number of hydrogen-bond acceptors (Lipinski definition) is 3. The topological polar surface area (TPSA) is 42.4 Å². The van der Waals surface area contributed by atoms with Gasteiger partial charge in [0.15, 0.2) is 0 Å². The van der Waals surface area contributed by atoms with Crippen LogP contribution in [0.15, 0.2) is 36.5 Å². The Kier molecular flexibility index (Phi) is 4.08. The molecule has 5 heteroatoms. The third-order valence-electron chi connectivity index (χ3n) is 3.66. The zero-order chi connectivity index (χ0) is 14.8. The number of ether oxygens (including phenoxy) is 1. The van der Waals surface area contributed by atoms with E-state index in [2.05, 4.69) is 4.98 Å². The summed E-state index contributed by atoms with van der Waals surface area (Å²) in [6.07, 6.45) is 1.63. The largest absolute Gasteiger partial charge is 0.370 e. The van der Waals surface area contributed by atoms with Crippen molar-refractivity contribution >= 4 is 28.4 Å². The van der Waals surface area contributed by atoms with Crippen LogP contribution >= 0.6 is 11.6 Å². The number of carbonyl (C=O) groups excluding carboxylic acids is 1. The Morgan fingerprint density at radius 1 is 1.38 bits per heavy atom. The van der Waals surface area contributed by atoms with Gasteiger partial charge in [0.05, 0.1) is 23.6 Å². The van der Waals surface area contributed by atoms with Crippen LogP contribution in [0.2, 0.25) is 0 Å².